The molecule has 0 aliphatic carbocycles. The van der Waals surface area contributed by atoms with E-state index in [0.717, 1.165) is 6.26 Å². The van der Waals surface area contributed by atoms with Gasteiger partial charge in [-0.25, -0.2) is 8.42 Å². The molecule has 0 aromatic rings. The summed E-state index contributed by atoms with van der Waals surface area (Å²) in [5.41, 5.74) is -0.504. The summed E-state index contributed by atoms with van der Waals surface area (Å²) in [4.78, 5) is 11.1. The molecular weight excluding hydrogens is 218 g/mol. The third-order valence-corrected chi connectivity index (χ3v) is 2.28. The molecule has 90 valence electrons. The average Bonchev–Trinajstić information content (AvgIpc) is 1.92. The third-order valence-electron chi connectivity index (χ3n) is 1.34. The van der Waals surface area contributed by atoms with Crippen LogP contribution < -0.4 is 5.32 Å². The Morgan fingerprint density at radius 2 is 1.87 bits per heavy atom. The van der Waals surface area contributed by atoms with E-state index in [1.807, 2.05) is 0 Å². The lowest BCUT2D eigenvalue weighted by molar-refractivity contribution is -0.153. The first kappa shape index (κ1) is 14.4. The Balaban J connectivity index is 3.66. The van der Waals surface area contributed by atoms with E-state index in [-0.39, 0.29) is 24.8 Å². The molecular formula is C9H19NO4S. The van der Waals surface area contributed by atoms with E-state index in [4.69, 9.17) is 4.74 Å². The van der Waals surface area contributed by atoms with Gasteiger partial charge in [0.15, 0.2) is 0 Å². The SMILES string of the molecule is CC(C)(C)OC(=O)CNCCS(C)(=O)=O. The van der Waals surface area contributed by atoms with Crippen LogP contribution in [0.3, 0.4) is 0 Å². The molecule has 0 bridgehead atoms. The fraction of sp³-hybridized carbons (Fsp3) is 0.889. The number of rotatable bonds is 5. The molecule has 0 atom stereocenters. The van der Waals surface area contributed by atoms with Crippen LogP contribution in [0.1, 0.15) is 20.8 Å². The van der Waals surface area contributed by atoms with Crippen LogP contribution in [-0.2, 0) is 19.4 Å². The highest BCUT2D eigenvalue weighted by Gasteiger charge is 2.15. The van der Waals surface area contributed by atoms with Gasteiger partial charge in [-0.1, -0.05) is 0 Å². The van der Waals surface area contributed by atoms with Crippen molar-refractivity contribution in [2.45, 2.75) is 26.4 Å². The van der Waals surface area contributed by atoms with Crippen molar-refractivity contribution in [2.24, 2.45) is 0 Å². The summed E-state index contributed by atoms with van der Waals surface area (Å²) in [6.07, 6.45) is 1.15. The van der Waals surface area contributed by atoms with E-state index in [9.17, 15) is 13.2 Å². The molecule has 5 nitrogen and oxygen atoms in total. The van der Waals surface area contributed by atoms with Crippen LogP contribution >= 0.6 is 0 Å². The number of ether oxygens (including phenoxy) is 1. The normalized spacial score (nSPS) is 12.5. The Kier molecular flexibility index (Phi) is 5.23. The summed E-state index contributed by atoms with van der Waals surface area (Å²) in [7, 11) is -2.97. The zero-order valence-corrected chi connectivity index (χ0v) is 10.5. The maximum atomic E-state index is 11.1. The maximum Gasteiger partial charge on any atom is 0.320 e. The second-order valence-corrected chi connectivity index (χ2v) is 6.65. The summed E-state index contributed by atoms with van der Waals surface area (Å²) < 4.78 is 26.5. The molecule has 0 heterocycles. The molecule has 0 unspecified atom stereocenters. The lowest BCUT2D eigenvalue weighted by atomic mass is 10.2. The second kappa shape index (κ2) is 5.46. The van der Waals surface area contributed by atoms with Gasteiger partial charge in [-0.15, -0.1) is 0 Å². The Morgan fingerprint density at radius 1 is 1.33 bits per heavy atom. The van der Waals surface area contributed by atoms with E-state index < -0.39 is 15.4 Å². The standard InChI is InChI=1S/C9H19NO4S/c1-9(2,3)14-8(11)7-10-5-6-15(4,12)13/h10H,5-7H2,1-4H3. The second-order valence-electron chi connectivity index (χ2n) is 4.39. The first-order chi connectivity index (χ1) is 6.60. The fourth-order valence-electron chi connectivity index (χ4n) is 0.826. The van der Waals surface area contributed by atoms with Crippen molar-refractivity contribution in [1.82, 2.24) is 5.32 Å². The first-order valence-electron chi connectivity index (χ1n) is 4.70. The molecule has 6 heteroatoms. The van der Waals surface area contributed by atoms with Gasteiger partial charge in [-0.05, 0) is 20.8 Å². The van der Waals surface area contributed by atoms with Crippen LogP contribution in [0.5, 0.6) is 0 Å². The number of esters is 1. The number of nitrogens with one attached hydrogen (secondary N) is 1. The Bertz CT molecular complexity index is 303. The highest BCUT2D eigenvalue weighted by atomic mass is 32.2. The topological polar surface area (TPSA) is 72.5 Å². The summed E-state index contributed by atoms with van der Waals surface area (Å²) in [6.45, 7) is 5.63. The Morgan fingerprint density at radius 3 is 2.27 bits per heavy atom. The minimum atomic E-state index is -2.97. The van der Waals surface area contributed by atoms with Gasteiger partial charge in [0.25, 0.3) is 0 Å². The van der Waals surface area contributed by atoms with Gasteiger partial charge in [-0.2, -0.15) is 0 Å². The Labute approximate surface area is 91.1 Å². The summed E-state index contributed by atoms with van der Waals surface area (Å²) in [6, 6.07) is 0. The number of sulfone groups is 1. The molecule has 0 radical (unpaired) electrons. The molecule has 0 aliphatic rings. The molecule has 0 fully saturated rings. The maximum absolute atomic E-state index is 11.1. The molecule has 0 spiro atoms. The molecule has 0 aromatic heterocycles. The van der Waals surface area contributed by atoms with Gasteiger partial charge in [0.2, 0.25) is 0 Å². The largest absolute Gasteiger partial charge is 0.459 e. The van der Waals surface area contributed by atoms with E-state index in [2.05, 4.69) is 5.32 Å². The smallest absolute Gasteiger partial charge is 0.320 e. The highest BCUT2D eigenvalue weighted by Crippen LogP contribution is 2.05. The van der Waals surface area contributed by atoms with E-state index in [1.165, 1.54) is 0 Å². The van der Waals surface area contributed by atoms with Crippen LogP contribution in [0.4, 0.5) is 0 Å². The van der Waals surface area contributed by atoms with Crippen molar-refractivity contribution >= 4 is 15.8 Å². The van der Waals surface area contributed by atoms with Crippen molar-refractivity contribution in [2.75, 3.05) is 25.1 Å². The van der Waals surface area contributed by atoms with Crippen molar-refractivity contribution in [3.8, 4) is 0 Å². The molecule has 0 rings (SSSR count). The lowest BCUT2D eigenvalue weighted by Crippen LogP contribution is -2.33. The average molecular weight is 237 g/mol. The Hall–Kier alpha value is -0.620. The quantitative estimate of drug-likeness (QED) is 0.536. The van der Waals surface area contributed by atoms with Crippen LogP contribution in [-0.4, -0.2) is 45.1 Å². The number of carbonyl (C=O) groups is 1. The summed E-state index contributed by atoms with van der Waals surface area (Å²) >= 11 is 0. The third kappa shape index (κ3) is 11.3. The number of carbonyl (C=O) groups excluding carboxylic acids is 1. The molecule has 15 heavy (non-hydrogen) atoms. The van der Waals surface area contributed by atoms with E-state index in [0.29, 0.717) is 0 Å². The van der Waals surface area contributed by atoms with Crippen molar-refractivity contribution in [3.63, 3.8) is 0 Å². The predicted molar refractivity (Wildman–Crippen MR) is 58.4 cm³/mol. The van der Waals surface area contributed by atoms with Gasteiger partial charge in [0.05, 0.1) is 12.3 Å². The first-order valence-corrected chi connectivity index (χ1v) is 6.76. The minimum absolute atomic E-state index is 0.0236. The summed E-state index contributed by atoms with van der Waals surface area (Å²) in [5, 5.41) is 2.71. The molecule has 0 saturated heterocycles. The molecule has 0 amide bonds. The van der Waals surface area contributed by atoms with Crippen LogP contribution in [0.25, 0.3) is 0 Å². The van der Waals surface area contributed by atoms with E-state index in [1.54, 1.807) is 20.8 Å². The van der Waals surface area contributed by atoms with Crippen LogP contribution in [0, 0.1) is 0 Å². The highest BCUT2D eigenvalue weighted by molar-refractivity contribution is 7.90. The molecule has 0 aromatic carbocycles. The minimum Gasteiger partial charge on any atom is -0.459 e. The lowest BCUT2D eigenvalue weighted by Gasteiger charge is -2.19. The fourth-order valence-corrected chi connectivity index (χ4v) is 1.34. The van der Waals surface area contributed by atoms with Gasteiger partial charge in [0, 0.05) is 12.8 Å². The van der Waals surface area contributed by atoms with Gasteiger partial charge in [0.1, 0.15) is 15.4 Å². The zero-order chi connectivity index (χ0) is 12.1. The van der Waals surface area contributed by atoms with Gasteiger partial charge >= 0.3 is 5.97 Å². The monoisotopic (exact) mass is 237 g/mol. The van der Waals surface area contributed by atoms with Gasteiger partial charge < -0.3 is 10.1 Å². The van der Waals surface area contributed by atoms with Gasteiger partial charge in [-0.3, -0.25) is 4.79 Å². The zero-order valence-electron chi connectivity index (χ0n) is 9.66. The number of hydrogen-bond donors (Lipinski definition) is 1. The molecule has 0 saturated carbocycles. The van der Waals surface area contributed by atoms with Crippen LogP contribution in [0.15, 0.2) is 0 Å². The predicted octanol–water partition coefficient (Wildman–Crippen LogP) is -0.0377. The molecule has 0 aliphatic heterocycles. The van der Waals surface area contributed by atoms with Crippen molar-refractivity contribution < 1.29 is 17.9 Å². The van der Waals surface area contributed by atoms with Crippen LogP contribution in [0.2, 0.25) is 0 Å². The van der Waals surface area contributed by atoms with Crippen molar-refractivity contribution in [3.05, 3.63) is 0 Å². The number of hydrogen-bond acceptors (Lipinski definition) is 5. The summed E-state index contributed by atoms with van der Waals surface area (Å²) in [5.74, 6) is -0.355. The molecule has 1 N–H and O–H groups in total. The van der Waals surface area contributed by atoms with Crippen molar-refractivity contribution in [1.29, 1.82) is 0 Å². The van der Waals surface area contributed by atoms with E-state index >= 15 is 0 Å².